The van der Waals surface area contributed by atoms with Gasteiger partial charge in [-0.05, 0) is 55.5 Å². The van der Waals surface area contributed by atoms with Crippen molar-refractivity contribution in [1.82, 2.24) is 0 Å². The van der Waals surface area contributed by atoms with Crippen LogP contribution in [0.2, 0.25) is 0 Å². The zero-order valence-electron chi connectivity index (χ0n) is 18.2. The van der Waals surface area contributed by atoms with Gasteiger partial charge in [0.15, 0.2) is 0 Å². The maximum absolute atomic E-state index is 13.1. The van der Waals surface area contributed by atoms with Crippen LogP contribution in [0.5, 0.6) is 0 Å². The number of esters is 1. The number of benzene rings is 2. The van der Waals surface area contributed by atoms with E-state index >= 15 is 0 Å². The zero-order valence-corrected chi connectivity index (χ0v) is 18.2. The third-order valence-corrected chi connectivity index (χ3v) is 5.08. The van der Waals surface area contributed by atoms with Gasteiger partial charge in [-0.2, -0.15) is 0 Å². The summed E-state index contributed by atoms with van der Waals surface area (Å²) in [4.78, 5) is 38.4. The third kappa shape index (κ3) is 4.87. The van der Waals surface area contributed by atoms with Crippen LogP contribution in [0.3, 0.4) is 0 Å². The molecule has 0 aromatic heterocycles. The Balaban J connectivity index is 2.09. The Kier molecular flexibility index (Phi) is 6.34. The van der Waals surface area contributed by atoms with Crippen LogP contribution >= 0.6 is 0 Å². The highest BCUT2D eigenvalue weighted by molar-refractivity contribution is 5.98. The molecule has 2 aromatic carbocycles. The van der Waals surface area contributed by atoms with Crippen LogP contribution in [0.25, 0.3) is 11.1 Å². The van der Waals surface area contributed by atoms with Crippen LogP contribution < -0.4 is 4.90 Å². The molecule has 0 spiro atoms. The molecule has 164 valence electrons. The van der Waals surface area contributed by atoms with Crippen molar-refractivity contribution in [2.45, 2.75) is 51.7 Å². The highest BCUT2D eigenvalue weighted by atomic mass is 16.6. The molecular formula is C24H27NO6. The van der Waals surface area contributed by atoms with Gasteiger partial charge in [0.2, 0.25) is 0 Å². The molecule has 1 atom stereocenters. The van der Waals surface area contributed by atoms with Gasteiger partial charge in [0, 0.05) is 12.8 Å². The number of nitrogens with zero attached hydrogens (tertiary/aromatic N) is 1. The summed E-state index contributed by atoms with van der Waals surface area (Å²) in [6, 6.07) is 12.3. The van der Waals surface area contributed by atoms with Gasteiger partial charge in [-0.15, -0.1) is 0 Å². The fourth-order valence-corrected chi connectivity index (χ4v) is 3.84. The molecule has 0 heterocycles. The molecule has 31 heavy (non-hydrogen) atoms. The molecule has 2 aromatic rings. The van der Waals surface area contributed by atoms with Gasteiger partial charge < -0.3 is 14.6 Å². The van der Waals surface area contributed by atoms with Gasteiger partial charge in [0.05, 0.1) is 12.8 Å². The van der Waals surface area contributed by atoms with Gasteiger partial charge in [0.1, 0.15) is 11.6 Å². The highest BCUT2D eigenvalue weighted by Gasteiger charge is 2.37. The van der Waals surface area contributed by atoms with E-state index in [4.69, 9.17) is 9.47 Å². The Morgan fingerprint density at radius 3 is 2.39 bits per heavy atom. The predicted molar refractivity (Wildman–Crippen MR) is 116 cm³/mol. The largest absolute Gasteiger partial charge is 0.481 e. The lowest BCUT2D eigenvalue weighted by atomic mass is 10.0. The van der Waals surface area contributed by atoms with E-state index in [-0.39, 0.29) is 12.8 Å². The normalized spacial score (nSPS) is 13.0. The number of carboxylic acids is 1. The summed E-state index contributed by atoms with van der Waals surface area (Å²) < 4.78 is 10.5. The van der Waals surface area contributed by atoms with Crippen LogP contribution in [0, 0.1) is 0 Å². The number of carboxylic acid groups (broad SMARTS) is 1. The number of fused-ring (bicyclic) bond motifs is 3. The molecule has 0 fully saturated rings. The van der Waals surface area contributed by atoms with Crippen LogP contribution in [0.15, 0.2) is 42.5 Å². The van der Waals surface area contributed by atoms with Crippen molar-refractivity contribution in [3.63, 3.8) is 0 Å². The summed E-state index contributed by atoms with van der Waals surface area (Å²) in [5.41, 5.74) is 3.77. The number of rotatable bonds is 6. The molecule has 7 nitrogen and oxygen atoms in total. The molecule has 1 N–H and O–H groups in total. The van der Waals surface area contributed by atoms with E-state index in [1.807, 2.05) is 36.4 Å². The molecule has 0 unspecified atom stereocenters. The summed E-state index contributed by atoms with van der Waals surface area (Å²) in [5.74, 6) is -1.74. The van der Waals surface area contributed by atoms with E-state index in [1.54, 1.807) is 26.8 Å². The van der Waals surface area contributed by atoms with Crippen molar-refractivity contribution < 1.29 is 29.0 Å². The molecule has 1 aliphatic carbocycles. The first-order valence-electron chi connectivity index (χ1n) is 10.1. The second kappa shape index (κ2) is 8.79. The second-order valence-corrected chi connectivity index (χ2v) is 8.46. The van der Waals surface area contributed by atoms with Gasteiger partial charge in [-0.25, -0.2) is 9.59 Å². The first-order chi connectivity index (χ1) is 14.6. The fraction of sp³-hybridized carbons (Fsp3) is 0.375. The van der Waals surface area contributed by atoms with Crippen molar-refractivity contribution in [2.75, 3.05) is 12.0 Å². The number of ether oxygens (including phenoxy) is 2. The smallest absolute Gasteiger partial charge is 0.414 e. The minimum Gasteiger partial charge on any atom is -0.481 e. The van der Waals surface area contributed by atoms with E-state index in [0.29, 0.717) is 12.1 Å². The maximum atomic E-state index is 13.1. The lowest BCUT2D eigenvalue weighted by Gasteiger charge is -2.32. The van der Waals surface area contributed by atoms with Gasteiger partial charge >= 0.3 is 18.0 Å². The standard InChI is InChI=1S/C24H27NO6/c1-24(2,3)31-22(28)20(12-13-21(26)27)25(23(29)30-4)19-11-7-10-17-16-9-6-5-8-15(16)14-18(17)19/h5-11,20H,12-14H2,1-4H3,(H,26,27)/t20-/m0/s1. The SMILES string of the molecule is COC(=O)N(c1cccc2c1Cc1ccccc1-2)[C@@H](CCC(=O)O)C(=O)OC(C)(C)C. The lowest BCUT2D eigenvalue weighted by Crippen LogP contribution is -2.48. The topological polar surface area (TPSA) is 93.1 Å². The van der Waals surface area contributed by atoms with Gasteiger partial charge in [-0.3, -0.25) is 9.69 Å². The van der Waals surface area contributed by atoms with Crippen molar-refractivity contribution >= 4 is 23.7 Å². The highest BCUT2D eigenvalue weighted by Crippen LogP contribution is 2.42. The average molecular weight is 425 g/mol. The van der Waals surface area contributed by atoms with Crippen LogP contribution in [-0.4, -0.2) is 41.9 Å². The second-order valence-electron chi connectivity index (χ2n) is 8.46. The van der Waals surface area contributed by atoms with E-state index in [2.05, 4.69) is 0 Å². The number of hydrogen-bond acceptors (Lipinski definition) is 5. The van der Waals surface area contributed by atoms with E-state index < -0.39 is 29.7 Å². The molecule has 1 aliphatic rings. The Labute approximate surface area is 181 Å². The summed E-state index contributed by atoms with van der Waals surface area (Å²) >= 11 is 0. The van der Waals surface area contributed by atoms with Crippen molar-refractivity contribution in [1.29, 1.82) is 0 Å². The number of aliphatic carboxylic acids is 1. The number of anilines is 1. The van der Waals surface area contributed by atoms with E-state index in [1.165, 1.54) is 12.0 Å². The average Bonchev–Trinajstić information content (AvgIpc) is 3.08. The number of carbonyl (C=O) groups is 3. The molecular weight excluding hydrogens is 398 g/mol. The van der Waals surface area contributed by atoms with Crippen LogP contribution in [0.1, 0.15) is 44.7 Å². The molecule has 0 bridgehead atoms. The Bertz CT molecular complexity index is 1010. The Hall–Kier alpha value is -3.35. The molecule has 0 aliphatic heterocycles. The Morgan fingerprint density at radius 1 is 1.06 bits per heavy atom. The van der Waals surface area contributed by atoms with Gasteiger partial charge in [0.25, 0.3) is 0 Å². The summed E-state index contributed by atoms with van der Waals surface area (Å²) in [6.45, 7) is 5.16. The van der Waals surface area contributed by atoms with Crippen molar-refractivity contribution in [3.05, 3.63) is 53.6 Å². The van der Waals surface area contributed by atoms with Crippen molar-refractivity contribution in [3.8, 4) is 11.1 Å². The van der Waals surface area contributed by atoms with Crippen LogP contribution in [-0.2, 0) is 25.5 Å². The zero-order chi connectivity index (χ0) is 22.8. The first kappa shape index (κ1) is 22.3. The molecule has 0 saturated carbocycles. The predicted octanol–water partition coefficient (Wildman–Crippen LogP) is 4.41. The van der Waals surface area contributed by atoms with Gasteiger partial charge in [-0.1, -0.05) is 36.4 Å². The molecule has 0 radical (unpaired) electrons. The minimum atomic E-state index is -1.14. The number of amides is 1. The minimum absolute atomic E-state index is 0.101. The van der Waals surface area contributed by atoms with Crippen molar-refractivity contribution in [2.24, 2.45) is 0 Å². The monoisotopic (exact) mass is 425 g/mol. The quantitative estimate of drug-likeness (QED) is 0.588. The number of hydrogen-bond donors (Lipinski definition) is 1. The molecule has 7 heteroatoms. The number of methoxy groups -OCH3 is 1. The lowest BCUT2D eigenvalue weighted by molar-refractivity contribution is -0.156. The summed E-state index contributed by atoms with van der Waals surface area (Å²) in [5, 5.41) is 9.21. The molecule has 0 saturated heterocycles. The van der Waals surface area contributed by atoms with E-state index in [9.17, 15) is 19.5 Å². The third-order valence-electron chi connectivity index (χ3n) is 5.08. The fourth-order valence-electron chi connectivity index (χ4n) is 3.84. The summed E-state index contributed by atoms with van der Waals surface area (Å²) in [6.07, 6.45) is -0.553. The number of carbonyl (C=O) groups excluding carboxylic acids is 2. The first-order valence-corrected chi connectivity index (χ1v) is 10.1. The van der Waals surface area contributed by atoms with Crippen LogP contribution in [0.4, 0.5) is 10.5 Å². The molecule has 3 rings (SSSR count). The Morgan fingerprint density at radius 2 is 1.74 bits per heavy atom. The maximum Gasteiger partial charge on any atom is 0.414 e. The molecule has 1 amide bonds. The summed E-state index contributed by atoms with van der Waals surface area (Å²) in [7, 11) is 1.23. The van der Waals surface area contributed by atoms with E-state index in [0.717, 1.165) is 22.3 Å².